The monoisotopic (exact) mass is 172 g/mol. The third-order valence-corrected chi connectivity index (χ3v) is 2.13. The van der Waals surface area contributed by atoms with Crippen LogP contribution in [0.15, 0.2) is 10.6 Å². The molecule has 0 aliphatic carbocycles. The first-order valence-corrected chi connectivity index (χ1v) is 3.89. The Morgan fingerprint density at radius 3 is 1.58 bits per heavy atom. The molecule has 0 spiro atoms. The summed E-state index contributed by atoms with van der Waals surface area (Å²) in [7, 11) is 0. The Labute approximate surface area is 70.4 Å². The molecule has 1 aliphatic rings. The van der Waals surface area contributed by atoms with Crippen LogP contribution in [0.4, 0.5) is 0 Å². The molecule has 0 saturated carbocycles. The molecule has 1 heterocycles. The minimum atomic E-state index is -0.0311. The summed E-state index contributed by atoms with van der Waals surface area (Å²) in [6.07, 6.45) is 0. The summed E-state index contributed by atoms with van der Waals surface area (Å²) in [5.41, 5.74) is 0. The van der Waals surface area contributed by atoms with Gasteiger partial charge in [0, 0.05) is 0 Å². The summed E-state index contributed by atoms with van der Waals surface area (Å²) in [5.74, 6) is 0. The Bertz CT molecular complexity index is 166. The zero-order chi connectivity index (χ0) is 9.14. The van der Waals surface area contributed by atoms with Crippen molar-refractivity contribution < 1.29 is 0 Å². The maximum atomic E-state index is 10.3. The molecule has 0 aromatic heterocycles. The lowest BCUT2D eigenvalue weighted by Gasteiger charge is -2.37. The van der Waals surface area contributed by atoms with Crippen LogP contribution in [0.3, 0.4) is 0 Å². The second-order valence-corrected chi connectivity index (χ2v) is 3.11. The number of rotatable bonds is 2. The van der Waals surface area contributed by atoms with E-state index in [1.807, 2.05) is 13.8 Å². The van der Waals surface area contributed by atoms with Gasteiger partial charge in [0.05, 0.1) is 35.7 Å². The minimum Gasteiger partial charge on any atom is -0.254 e. The maximum absolute atomic E-state index is 10.3. The van der Waals surface area contributed by atoms with Crippen LogP contribution in [0.2, 0.25) is 0 Å². The van der Waals surface area contributed by atoms with Crippen molar-refractivity contribution in [2.75, 3.05) is 13.1 Å². The molecule has 1 fully saturated rings. The topological polar surface area (TPSA) is 65.3 Å². The highest BCUT2D eigenvalue weighted by Crippen LogP contribution is 2.14. The highest BCUT2D eigenvalue weighted by molar-refractivity contribution is 4.80. The standard InChI is InChI=1S/C6H12N4O2/c1-5-3-10(8-12)6(2)4-9(5)7-11/h5-6H,3-4H2,1-2H3/t5-,6-/m1/s1. The first kappa shape index (κ1) is 8.89. The Kier molecular flexibility index (Phi) is 2.57. The smallest absolute Gasteiger partial charge is 0.0668 e. The predicted octanol–water partition coefficient (Wildman–Crippen LogP) is 0.744. The Morgan fingerprint density at radius 2 is 1.33 bits per heavy atom. The molecular weight excluding hydrogens is 160 g/mol. The van der Waals surface area contributed by atoms with Crippen LogP contribution in [-0.4, -0.2) is 35.2 Å². The van der Waals surface area contributed by atoms with Crippen LogP contribution < -0.4 is 0 Å². The third-order valence-electron chi connectivity index (χ3n) is 2.13. The second-order valence-electron chi connectivity index (χ2n) is 3.11. The minimum absolute atomic E-state index is 0.0311. The van der Waals surface area contributed by atoms with Gasteiger partial charge in [0.1, 0.15) is 0 Å². The lowest BCUT2D eigenvalue weighted by Crippen LogP contribution is -2.51. The Morgan fingerprint density at radius 1 is 1.00 bits per heavy atom. The van der Waals surface area contributed by atoms with Crippen molar-refractivity contribution >= 4 is 0 Å². The highest BCUT2D eigenvalue weighted by Gasteiger charge is 2.28. The molecule has 0 amide bonds. The van der Waals surface area contributed by atoms with Crippen molar-refractivity contribution in [2.24, 2.45) is 10.6 Å². The average Bonchev–Trinajstić information content (AvgIpc) is 2.08. The maximum Gasteiger partial charge on any atom is 0.0668 e. The summed E-state index contributed by atoms with van der Waals surface area (Å²) in [5, 5.41) is 8.59. The van der Waals surface area contributed by atoms with Crippen molar-refractivity contribution in [2.45, 2.75) is 25.9 Å². The molecule has 6 nitrogen and oxygen atoms in total. The van der Waals surface area contributed by atoms with Crippen LogP contribution in [0, 0.1) is 9.81 Å². The quantitative estimate of drug-likeness (QED) is 0.576. The zero-order valence-corrected chi connectivity index (χ0v) is 7.17. The molecule has 68 valence electrons. The summed E-state index contributed by atoms with van der Waals surface area (Å²) in [4.78, 5) is 20.5. The molecule has 0 unspecified atom stereocenters. The summed E-state index contributed by atoms with van der Waals surface area (Å²) in [6.45, 7) is 4.61. The molecule has 1 saturated heterocycles. The van der Waals surface area contributed by atoms with Gasteiger partial charge >= 0.3 is 0 Å². The van der Waals surface area contributed by atoms with Gasteiger partial charge in [-0.05, 0) is 13.8 Å². The van der Waals surface area contributed by atoms with Crippen LogP contribution >= 0.6 is 0 Å². The van der Waals surface area contributed by atoms with E-state index in [4.69, 9.17) is 0 Å². The van der Waals surface area contributed by atoms with Crippen molar-refractivity contribution in [1.82, 2.24) is 10.0 Å². The molecule has 1 rings (SSSR count). The first-order valence-electron chi connectivity index (χ1n) is 3.89. The normalized spacial score (nSPS) is 30.2. The molecule has 0 aromatic carbocycles. The van der Waals surface area contributed by atoms with Crippen LogP contribution in [0.1, 0.15) is 13.8 Å². The van der Waals surface area contributed by atoms with Crippen LogP contribution in [-0.2, 0) is 0 Å². The predicted molar refractivity (Wildman–Crippen MR) is 43.9 cm³/mol. The third kappa shape index (κ3) is 1.51. The largest absolute Gasteiger partial charge is 0.254 e. The van der Waals surface area contributed by atoms with Gasteiger partial charge in [-0.3, -0.25) is 10.0 Å². The van der Waals surface area contributed by atoms with Crippen molar-refractivity contribution in [3.63, 3.8) is 0 Å². The first-order chi connectivity index (χ1) is 5.69. The summed E-state index contributed by atoms with van der Waals surface area (Å²) < 4.78 is 0. The van der Waals surface area contributed by atoms with Crippen molar-refractivity contribution in [3.8, 4) is 0 Å². The molecule has 0 bridgehead atoms. The average molecular weight is 172 g/mol. The Balaban J connectivity index is 2.60. The lowest BCUT2D eigenvalue weighted by molar-refractivity contribution is 0.0440. The van der Waals surface area contributed by atoms with Gasteiger partial charge in [-0.25, -0.2) is 0 Å². The molecule has 0 radical (unpaired) electrons. The van der Waals surface area contributed by atoms with E-state index >= 15 is 0 Å². The van der Waals surface area contributed by atoms with Gasteiger partial charge in [-0.2, -0.15) is 0 Å². The van der Waals surface area contributed by atoms with E-state index in [9.17, 15) is 9.81 Å². The van der Waals surface area contributed by atoms with Gasteiger partial charge < -0.3 is 0 Å². The summed E-state index contributed by atoms with van der Waals surface area (Å²) >= 11 is 0. The molecule has 0 N–H and O–H groups in total. The van der Waals surface area contributed by atoms with Gasteiger partial charge in [0.25, 0.3) is 0 Å². The molecule has 2 atom stereocenters. The van der Waals surface area contributed by atoms with Crippen LogP contribution in [0.25, 0.3) is 0 Å². The molecule has 6 heteroatoms. The van der Waals surface area contributed by atoms with Gasteiger partial charge in [0.15, 0.2) is 0 Å². The van der Waals surface area contributed by atoms with Crippen molar-refractivity contribution in [3.05, 3.63) is 9.81 Å². The van der Waals surface area contributed by atoms with Gasteiger partial charge in [-0.15, -0.1) is 9.81 Å². The summed E-state index contributed by atoms with van der Waals surface area (Å²) in [6, 6.07) is -0.0622. The number of nitrogens with zero attached hydrogens (tertiary/aromatic N) is 4. The van der Waals surface area contributed by atoms with E-state index in [1.54, 1.807) is 0 Å². The number of piperazine rings is 1. The van der Waals surface area contributed by atoms with E-state index in [2.05, 4.69) is 10.6 Å². The molecule has 1 aliphatic heterocycles. The van der Waals surface area contributed by atoms with Gasteiger partial charge in [-0.1, -0.05) is 0 Å². The molecule has 0 aromatic rings. The van der Waals surface area contributed by atoms with E-state index in [0.29, 0.717) is 13.1 Å². The SMILES string of the molecule is C[C@@H]1CN(N=O)[C@H](C)CN1N=O. The fourth-order valence-corrected chi connectivity index (χ4v) is 1.32. The number of hydrogen-bond acceptors (Lipinski definition) is 4. The zero-order valence-electron chi connectivity index (χ0n) is 7.17. The fraction of sp³-hybridized carbons (Fsp3) is 1.00. The van der Waals surface area contributed by atoms with E-state index in [-0.39, 0.29) is 12.1 Å². The Hall–Kier alpha value is -1.20. The van der Waals surface area contributed by atoms with Gasteiger partial charge in [0.2, 0.25) is 0 Å². The fourth-order valence-electron chi connectivity index (χ4n) is 1.32. The molecular formula is C6H12N4O2. The number of hydrogen-bond donors (Lipinski definition) is 0. The van der Waals surface area contributed by atoms with Crippen LogP contribution in [0.5, 0.6) is 0 Å². The van der Waals surface area contributed by atoms with E-state index < -0.39 is 0 Å². The van der Waals surface area contributed by atoms with E-state index in [1.165, 1.54) is 10.0 Å². The lowest BCUT2D eigenvalue weighted by atomic mass is 10.2. The molecule has 12 heavy (non-hydrogen) atoms. The highest BCUT2D eigenvalue weighted by atomic mass is 16.3. The van der Waals surface area contributed by atoms with E-state index in [0.717, 1.165) is 0 Å². The second kappa shape index (κ2) is 3.46. The van der Waals surface area contributed by atoms with Crippen molar-refractivity contribution in [1.29, 1.82) is 0 Å². The number of nitroso groups, excluding NO2 is 2.